The first-order chi connectivity index (χ1) is 6.27. The van der Waals surface area contributed by atoms with Crippen molar-refractivity contribution in [3.05, 3.63) is 16.1 Å². The van der Waals surface area contributed by atoms with Gasteiger partial charge in [0, 0.05) is 11.4 Å². The maximum Gasteiger partial charge on any atom is 0.0926 e. The number of aromatic nitrogens is 1. The van der Waals surface area contributed by atoms with Crippen molar-refractivity contribution in [2.75, 3.05) is 0 Å². The van der Waals surface area contributed by atoms with Crippen LogP contribution < -0.4 is 5.73 Å². The highest BCUT2D eigenvalue weighted by Crippen LogP contribution is 2.19. The van der Waals surface area contributed by atoms with Crippen LogP contribution in [-0.4, -0.2) is 4.98 Å². The molecule has 0 aliphatic heterocycles. The molecule has 0 aliphatic rings. The Morgan fingerprint density at radius 2 is 2.31 bits per heavy atom. The van der Waals surface area contributed by atoms with E-state index in [1.807, 2.05) is 0 Å². The zero-order valence-corrected chi connectivity index (χ0v) is 9.23. The maximum absolute atomic E-state index is 5.99. The first kappa shape index (κ1) is 10.7. The van der Waals surface area contributed by atoms with Crippen LogP contribution in [0.1, 0.15) is 49.9 Å². The fourth-order valence-corrected chi connectivity index (χ4v) is 2.04. The Kier molecular flexibility index (Phi) is 4.39. The summed E-state index contributed by atoms with van der Waals surface area (Å²) in [6.07, 6.45) is 4.48. The van der Waals surface area contributed by atoms with Gasteiger partial charge in [0.05, 0.1) is 10.7 Å². The normalized spacial score (nSPS) is 13.2. The summed E-state index contributed by atoms with van der Waals surface area (Å²) in [7, 11) is 0. The zero-order chi connectivity index (χ0) is 9.68. The molecule has 0 radical (unpaired) electrons. The lowest BCUT2D eigenvalue weighted by Gasteiger charge is -2.06. The molecule has 2 nitrogen and oxygen atoms in total. The second kappa shape index (κ2) is 5.35. The molecule has 0 bridgehead atoms. The van der Waals surface area contributed by atoms with Crippen LogP contribution in [0.3, 0.4) is 0 Å². The summed E-state index contributed by atoms with van der Waals surface area (Å²) in [5.74, 6) is 0. The van der Waals surface area contributed by atoms with Gasteiger partial charge in [-0.2, -0.15) is 0 Å². The minimum Gasteiger partial charge on any atom is -0.323 e. The Morgan fingerprint density at radius 3 is 2.85 bits per heavy atom. The molecule has 1 atom stereocenters. The molecule has 13 heavy (non-hydrogen) atoms. The van der Waals surface area contributed by atoms with Gasteiger partial charge < -0.3 is 5.73 Å². The molecule has 0 aromatic carbocycles. The van der Waals surface area contributed by atoms with Crippen molar-refractivity contribution >= 4 is 11.3 Å². The van der Waals surface area contributed by atoms with Crippen molar-refractivity contribution in [3.63, 3.8) is 0 Å². The monoisotopic (exact) mass is 198 g/mol. The highest BCUT2D eigenvalue weighted by molar-refractivity contribution is 7.09. The molecule has 1 unspecified atom stereocenters. The summed E-state index contributed by atoms with van der Waals surface area (Å²) < 4.78 is 0. The fraction of sp³-hybridized carbons (Fsp3) is 0.700. The largest absolute Gasteiger partial charge is 0.323 e. The third kappa shape index (κ3) is 3.08. The van der Waals surface area contributed by atoms with E-state index in [9.17, 15) is 0 Å². The summed E-state index contributed by atoms with van der Waals surface area (Å²) in [4.78, 5) is 4.48. The van der Waals surface area contributed by atoms with Crippen molar-refractivity contribution in [1.29, 1.82) is 0 Å². The summed E-state index contributed by atoms with van der Waals surface area (Å²) in [5, 5.41) is 3.29. The fourth-order valence-electron chi connectivity index (χ4n) is 1.23. The molecular weight excluding hydrogens is 180 g/mol. The minimum absolute atomic E-state index is 0.150. The molecule has 0 fully saturated rings. The average molecular weight is 198 g/mol. The standard InChI is InChI=1S/C10H18N2S/c1-3-5-6-8(11)9-7-13-10(4-2)12-9/h7-8H,3-6,11H2,1-2H3. The molecule has 0 spiro atoms. The van der Waals surface area contributed by atoms with Crippen molar-refractivity contribution in [1.82, 2.24) is 4.98 Å². The van der Waals surface area contributed by atoms with E-state index >= 15 is 0 Å². The highest BCUT2D eigenvalue weighted by atomic mass is 32.1. The van der Waals surface area contributed by atoms with Crippen molar-refractivity contribution < 1.29 is 0 Å². The molecule has 0 saturated heterocycles. The van der Waals surface area contributed by atoms with Gasteiger partial charge >= 0.3 is 0 Å². The molecule has 3 heteroatoms. The van der Waals surface area contributed by atoms with Crippen molar-refractivity contribution in [2.24, 2.45) is 5.73 Å². The van der Waals surface area contributed by atoms with Crippen LogP contribution >= 0.6 is 11.3 Å². The van der Waals surface area contributed by atoms with Gasteiger partial charge in [-0.05, 0) is 12.8 Å². The third-order valence-corrected chi connectivity index (χ3v) is 3.13. The molecule has 0 aliphatic carbocycles. The molecule has 1 aromatic rings. The number of hydrogen-bond donors (Lipinski definition) is 1. The molecule has 0 saturated carbocycles. The predicted octanol–water partition coefficient (Wildman–Crippen LogP) is 2.90. The van der Waals surface area contributed by atoms with Crippen LogP contribution in [0.2, 0.25) is 0 Å². The number of aryl methyl sites for hydroxylation is 1. The molecule has 0 amide bonds. The minimum atomic E-state index is 0.150. The van der Waals surface area contributed by atoms with Gasteiger partial charge in [0.2, 0.25) is 0 Å². The van der Waals surface area contributed by atoms with Crippen LogP contribution in [0.4, 0.5) is 0 Å². The van der Waals surface area contributed by atoms with E-state index in [-0.39, 0.29) is 6.04 Å². The Balaban J connectivity index is 2.50. The number of thiazole rings is 1. The average Bonchev–Trinajstić information content (AvgIpc) is 2.62. The molecule has 1 rings (SSSR count). The Labute approximate surface area is 84.2 Å². The van der Waals surface area contributed by atoms with E-state index in [1.165, 1.54) is 17.8 Å². The van der Waals surface area contributed by atoms with Gasteiger partial charge in [-0.3, -0.25) is 0 Å². The second-order valence-corrected chi connectivity index (χ2v) is 4.21. The van der Waals surface area contributed by atoms with Crippen LogP contribution in [0.15, 0.2) is 5.38 Å². The van der Waals surface area contributed by atoms with Gasteiger partial charge in [0.25, 0.3) is 0 Å². The van der Waals surface area contributed by atoms with Crippen molar-refractivity contribution in [3.8, 4) is 0 Å². The van der Waals surface area contributed by atoms with E-state index in [0.717, 1.165) is 18.5 Å². The lowest BCUT2D eigenvalue weighted by molar-refractivity contribution is 0.592. The smallest absolute Gasteiger partial charge is 0.0926 e. The highest BCUT2D eigenvalue weighted by Gasteiger charge is 2.08. The summed E-state index contributed by atoms with van der Waals surface area (Å²) in [6, 6.07) is 0.150. The van der Waals surface area contributed by atoms with Gasteiger partial charge in [-0.15, -0.1) is 11.3 Å². The number of rotatable bonds is 5. The maximum atomic E-state index is 5.99. The Bertz CT molecular complexity index is 245. The topological polar surface area (TPSA) is 38.9 Å². The molecule has 74 valence electrons. The number of nitrogens with zero attached hydrogens (tertiary/aromatic N) is 1. The van der Waals surface area contributed by atoms with Crippen LogP contribution in [0, 0.1) is 0 Å². The lowest BCUT2D eigenvalue weighted by atomic mass is 10.1. The van der Waals surface area contributed by atoms with E-state index < -0.39 is 0 Å². The quantitative estimate of drug-likeness (QED) is 0.790. The van der Waals surface area contributed by atoms with Gasteiger partial charge in [0.1, 0.15) is 0 Å². The number of hydrogen-bond acceptors (Lipinski definition) is 3. The molecule has 1 heterocycles. The third-order valence-electron chi connectivity index (χ3n) is 2.12. The lowest BCUT2D eigenvalue weighted by Crippen LogP contribution is -2.10. The van der Waals surface area contributed by atoms with Gasteiger partial charge in [0.15, 0.2) is 0 Å². The summed E-state index contributed by atoms with van der Waals surface area (Å²) >= 11 is 1.72. The second-order valence-electron chi connectivity index (χ2n) is 3.27. The molecule has 2 N–H and O–H groups in total. The van der Waals surface area contributed by atoms with Crippen LogP contribution in [0.5, 0.6) is 0 Å². The van der Waals surface area contributed by atoms with Crippen LogP contribution in [-0.2, 0) is 6.42 Å². The molecule has 1 aromatic heterocycles. The zero-order valence-electron chi connectivity index (χ0n) is 8.42. The Hall–Kier alpha value is -0.410. The van der Waals surface area contributed by atoms with E-state index in [4.69, 9.17) is 5.73 Å². The number of unbranched alkanes of at least 4 members (excludes halogenated alkanes) is 1. The molecular formula is C10H18N2S. The predicted molar refractivity (Wildman–Crippen MR) is 57.9 cm³/mol. The number of nitrogens with two attached hydrogens (primary N) is 1. The van der Waals surface area contributed by atoms with Gasteiger partial charge in [-0.25, -0.2) is 4.98 Å². The van der Waals surface area contributed by atoms with E-state index in [0.29, 0.717) is 0 Å². The van der Waals surface area contributed by atoms with Crippen LogP contribution in [0.25, 0.3) is 0 Å². The van der Waals surface area contributed by atoms with Crippen molar-refractivity contribution in [2.45, 2.75) is 45.6 Å². The SMILES string of the molecule is CCCCC(N)c1csc(CC)n1. The van der Waals surface area contributed by atoms with E-state index in [1.54, 1.807) is 11.3 Å². The summed E-state index contributed by atoms with van der Waals surface area (Å²) in [5.41, 5.74) is 7.07. The van der Waals surface area contributed by atoms with Gasteiger partial charge in [-0.1, -0.05) is 26.7 Å². The van der Waals surface area contributed by atoms with E-state index in [2.05, 4.69) is 24.2 Å². The first-order valence-electron chi connectivity index (χ1n) is 4.97. The Morgan fingerprint density at radius 1 is 1.54 bits per heavy atom. The summed E-state index contributed by atoms with van der Waals surface area (Å²) in [6.45, 7) is 4.31. The first-order valence-corrected chi connectivity index (χ1v) is 5.85.